The van der Waals surface area contributed by atoms with Gasteiger partial charge in [-0.2, -0.15) is 0 Å². The maximum Gasteiger partial charge on any atom is 0.293 e. The van der Waals surface area contributed by atoms with E-state index in [1.165, 1.54) is 12.8 Å². The van der Waals surface area contributed by atoms with E-state index in [0.29, 0.717) is 49.5 Å². The highest BCUT2D eigenvalue weighted by Gasteiger charge is 2.49. The van der Waals surface area contributed by atoms with Crippen LogP contribution in [0.4, 0.5) is 0 Å². The monoisotopic (exact) mass is 479 g/mol. The number of aliphatic hydroxyl groups is 1. The minimum Gasteiger partial charge on any atom is -0.503 e. The van der Waals surface area contributed by atoms with Gasteiger partial charge in [-0.1, -0.05) is 43.0 Å². The number of Topliss-reactive ketones (excluding diaryl/α,β-unsaturated/α-hetero) is 1. The number of amides is 2. The van der Waals surface area contributed by atoms with E-state index < -0.39 is 23.0 Å². The van der Waals surface area contributed by atoms with Crippen molar-refractivity contribution in [1.82, 2.24) is 5.32 Å². The first-order valence-corrected chi connectivity index (χ1v) is 12.0. The molecular weight excluding hydrogens is 453 g/mol. The summed E-state index contributed by atoms with van der Waals surface area (Å²) in [6.45, 7) is 2.46. The largest absolute Gasteiger partial charge is 0.503 e. The summed E-state index contributed by atoms with van der Waals surface area (Å²) < 4.78 is 5.88. The zero-order valence-electron chi connectivity index (χ0n) is 18.1. The lowest BCUT2D eigenvalue weighted by atomic mass is 9.73. The number of fused-ring (bicyclic) bond motifs is 1. The molecule has 1 fully saturated rings. The second-order valence-electron chi connectivity index (χ2n) is 9.21. The van der Waals surface area contributed by atoms with Gasteiger partial charge in [0.15, 0.2) is 11.5 Å². The number of imide groups is 1. The van der Waals surface area contributed by atoms with Crippen LogP contribution in [0.1, 0.15) is 74.2 Å². The van der Waals surface area contributed by atoms with Crippen LogP contribution in [0.5, 0.6) is 5.75 Å². The molecule has 32 heavy (non-hydrogen) atoms. The molecule has 1 unspecified atom stereocenters. The highest BCUT2D eigenvalue weighted by Crippen LogP contribution is 2.52. The summed E-state index contributed by atoms with van der Waals surface area (Å²) in [7, 11) is 0. The number of carbonyl (C=O) groups is 3. The number of halogens is 2. The lowest BCUT2D eigenvalue weighted by Gasteiger charge is -2.29. The molecule has 1 aromatic carbocycles. The molecule has 1 aliphatic heterocycles. The molecular formula is C24H27Cl2NO5. The van der Waals surface area contributed by atoms with E-state index >= 15 is 0 Å². The summed E-state index contributed by atoms with van der Waals surface area (Å²) in [5.41, 5.74) is 1.18. The smallest absolute Gasteiger partial charge is 0.293 e. The third-order valence-corrected chi connectivity index (χ3v) is 8.00. The molecule has 3 aliphatic rings. The maximum atomic E-state index is 13.2. The van der Waals surface area contributed by atoms with E-state index in [1.54, 1.807) is 0 Å². The Morgan fingerprint density at radius 2 is 1.81 bits per heavy atom. The van der Waals surface area contributed by atoms with Gasteiger partial charge in [0.1, 0.15) is 10.8 Å². The lowest BCUT2D eigenvalue weighted by Crippen LogP contribution is -2.32. The molecule has 1 saturated carbocycles. The van der Waals surface area contributed by atoms with Gasteiger partial charge in [0, 0.05) is 11.0 Å². The van der Waals surface area contributed by atoms with Crippen LogP contribution in [0, 0.1) is 11.3 Å². The number of benzene rings is 1. The molecule has 172 valence electrons. The van der Waals surface area contributed by atoms with E-state index in [9.17, 15) is 19.5 Å². The summed E-state index contributed by atoms with van der Waals surface area (Å²) in [5.74, 6) is -0.773. The predicted molar refractivity (Wildman–Crippen MR) is 121 cm³/mol. The molecule has 6 nitrogen and oxygen atoms in total. The number of ether oxygens (including phenoxy) is 1. The SMILES string of the molecule is CC1(C2CCCC2)Cc2cc(OCCCCCC3=C(O)C(=O)NC3=O)c(Cl)c(Cl)c2C1=O. The van der Waals surface area contributed by atoms with Gasteiger partial charge in [-0.05, 0) is 62.5 Å². The highest BCUT2D eigenvalue weighted by molar-refractivity contribution is 6.45. The minimum atomic E-state index is -0.737. The van der Waals surface area contributed by atoms with Gasteiger partial charge in [0.05, 0.1) is 17.2 Å². The van der Waals surface area contributed by atoms with Crippen molar-refractivity contribution >= 4 is 40.8 Å². The van der Waals surface area contributed by atoms with Crippen molar-refractivity contribution in [3.63, 3.8) is 0 Å². The Bertz CT molecular complexity index is 1010. The molecule has 0 radical (unpaired) electrons. The normalized spacial score (nSPS) is 23.3. The van der Waals surface area contributed by atoms with Crippen LogP contribution in [-0.2, 0) is 16.0 Å². The first-order valence-electron chi connectivity index (χ1n) is 11.2. The average molecular weight is 480 g/mol. The number of nitrogens with one attached hydrogen (secondary N) is 1. The zero-order valence-corrected chi connectivity index (χ0v) is 19.6. The van der Waals surface area contributed by atoms with Crippen molar-refractivity contribution in [2.45, 2.75) is 64.7 Å². The average Bonchev–Trinajstić information content (AvgIpc) is 3.44. The topological polar surface area (TPSA) is 92.7 Å². The standard InChI is InChI=1S/C24H27Cl2NO5/c1-24(14-7-4-5-8-14)12-13-11-16(18(25)19(26)17(13)21(24)29)32-10-6-2-3-9-15-20(28)23(31)27-22(15)30/h11,14H,2-10,12H2,1H3,(H2,27,28,30,31). The Hall–Kier alpha value is -2.05. The van der Waals surface area contributed by atoms with Crippen LogP contribution in [0.2, 0.25) is 10.0 Å². The van der Waals surface area contributed by atoms with Gasteiger partial charge in [-0.3, -0.25) is 19.7 Å². The Morgan fingerprint density at radius 3 is 2.47 bits per heavy atom. The number of ketones is 1. The molecule has 1 atom stereocenters. The molecule has 0 bridgehead atoms. The second-order valence-corrected chi connectivity index (χ2v) is 9.97. The van der Waals surface area contributed by atoms with Crippen molar-refractivity contribution in [1.29, 1.82) is 0 Å². The number of hydrogen-bond donors (Lipinski definition) is 2. The van der Waals surface area contributed by atoms with E-state index in [0.717, 1.165) is 24.8 Å². The third-order valence-electron chi connectivity index (χ3n) is 7.15. The van der Waals surface area contributed by atoms with E-state index in [1.807, 2.05) is 6.07 Å². The van der Waals surface area contributed by atoms with Crippen molar-refractivity contribution in [2.75, 3.05) is 6.61 Å². The Labute approximate surface area is 197 Å². The molecule has 2 amide bonds. The summed E-state index contributed by atoms with van der Waals surface area (Å²) in [5, 5.41) is 12.2. The Morgan fingerprint density at radius 1 is 1.09 bits per heavy atom. The second kappa shape index (κ2) is 9.06. The van der Waals surface area contributed by atoms with Crippen LogP contribution in [-0.4, -0.2) is 29.3 Å². The van der Waals surface area contributed by atoms with Crippen LogP contribution < -0.4 is 10.1 Å². The third kappa shape index (κ3) is 4.03. The van der Waals surface area contributed by atoms with Crippen LogP contribution in [0.15, 0.2) is 17.4 Å². The predicted octanol–water partition coefficient (Wildman–Crippen LogP) is 5.34. The van der Waals surface area contributed by atoms with Crippen molar-refractivity contribution in [2.24, 2.45) is 11.3 Å². The van der Waals surface area contributed by atoms with Crippen LogP contribution in [0.3, 0.4) is 0 Å². The first-order chi connectivity index (χ1) is 15.2. The summed E-state index contributed by atoms with van der Waals surface area (Å²) in [6, 6.07) is 1.86. The molecule has 0 aromatic heterocycles. The number of unbranched alkanes of at least 4 members (excludes halogenated alkanes) is 2. The van der Waals surface area contributed by atoms with E-state index in [-0.39, 0.29) is 21.4 Å². The van der Waals surface area contributed by atoms with Crippen molar-refractivity contribution in [3.05, 3.63) is 38.6 Å². The Balaban J connectivity index is 1.34. The number of aliphatic hydroxyl groups excluding tert-OH is 1. The van der Waals surface area contributed by atoms with E-state index in [2.05, 4.69) is 12.2 Å². The number of hydrogen-bond acceptors (Lipinski definition) is 5. The summed E-state index contributed by atoms with van der Waals surface area (Å²) >= 11 is 13.0. The van der Waals surface area contributed by atoms with Gasteiger partial charge in [-0.15, -0.1) is 0 Å². The van der Waals surface area contributed by atoms with Crippen LogP contribution in [0.25, 0.3) is 0 Å². The molecule has 4 rings (SSSR count). The highest BCUT2D eigenvalue weighted by atomic mass is 35.5. The van der Waals surface area contributed by atoms with Gasteiger partial charge >= 0.3 is 0 Å². The number of rotatable bonds is 8. The van der Waals surface area contributed by atoms with Gasteiger partial charge in [-0.25, -0.2) is 0 Å². The van der Waals surface area contributed by atoms with Gasteiger partial charge in [0.2, 0.25) is 0 Å². The quantitative estimate of drug-likeness (QED) is 0.387. The first kappa shape index (κ1) is 23.1. The maximum absolute atomic E-state index is 13.2. The molecule has 1 aromatic rings. The summed E-state index contributed by atoms with van der Waals surface area (Å²) in [4.78, 5) is 36.1. The fourth-order valence-corrected chi connectivity index (χ4v) is 5.78. The molecule has 2 N–H and O–H groups in total. The molecule has 1 heterocycles. The van der Waals surface area contributed by atoms with E-state index in [4.69, 9.17) is 27.9 Å². The molecule has 2 aliphatic carbocycles. The lowest BCUT2D eigenvalue weighted by molar-refractivity contribution is -0.125. The molecule has 8 heteroatoms. The van der Waals surface area contributed by atoms with Crippen LogP contribution >= 0.6 is 23.2 Å². The van der Waals surface area contributed by atoms with Gasteiger partial charge < -0.3 is 9.84 Å². The Kier molecular flexibility index (Phi) is 6.55. The zero-order chi connectivity index (χ0) is 23.0. The molecule has 0 saturated heterocycles. The summed E-state index contributed by atoms with van der Waals surface area (Å²) in [6.07, 6.45) is 7.58. The van der Waals surface area contributed by atoms with Gasteiger partial charge in [0.25, 0.3) is 11.8 Å². The number of carbonyl (C=O) groups excluding carboxylic acids is 3. The molecule has 0 spiro atoms. The van der Waals surface area contributed by atoms with Crippen molar-refractivity contribution < 1.29 is 24.2 Å². The minimum absolute atomic E-state index is 0.102. The fourth-order valence-electron chi connectivity index (χ4n) is 5.27. The van der Waals surface area contributed by atoms with Crippen molar-refractivity contribution in [3.8, 4) is 5.75 Å². The fraction of sp³-hybridized carbons (Fsp3) is 0.542.